The zero-order valence-corrected chi connectivity index (χ0v) is 13.7. The molecule has 0 aromatic carbocycles. The third-order valence-electron chi connectivity index (χ3n) is 3.58. The second kappa shape index (κ2) is 8.09. The highest BCUT2D eigenvalue weighted by molar-refractivity contribution is 5.66. The Morgan fingerprint density at radius 1 is 1.32 bits per heavy atom. The van der Waals surface area contributed by atoms with Crippen molar-refractivity contribution in [1.29, 1.82) is 0 Å². The van der Waals surface area contributed by atoms with Gasteiger partial charge in [0.2, 0.25) is 0 Å². The Labute approximate surface area is 141 Å². The van der Waals surface area contributed by atoms with Crippen LogP contribution in [0.3, 0.4) is 0 Å². The van der Waals surface area contributed by atoms with Gasteiger partial charge in [-0.05, 0) is 56.1 Å². The Morgan fingerprint density at radius 3 is 2.64 bits per heavy atom. The lowest BCUT2D eigenvalue weighted by Crippen LogP contribution is -2.28. The smallest absolute Gasteiger partial charge is 0.143 e. The first-order chi connectivity index (χ1) is 12.2. The van der Waals surface area contributed by atoms with Gasteiger partial charge >= 0.3 is 0 Å². The van der Waals surface area contributed by atoms with Gasteiger partial charge in [-0.25, -0.2) is 0 Å². The number of carbonyl (C=O) groups excluding carboxylic acids is 1. The maximum Gasteiger partial charge on any atom is 0.143 e. The van der Waals surface area contributed by atoms with Crippen LogP contribution in [0.25, 0.3) is 0 Å². The lowest BCUT2D eigenvalue weighted by Gasteiger charge is -2.35. The molecule has 1 unspecified atom stereocenters. The van der Waals surface area contributed by atoms with E-state index in [1.54, 1.807) is 31.2 Å². The molecule has 1 aliphatic rings. The first-order valence-electron chi connectivity index (χ1n) is 9.82. The van der Waals surface area contributed by atoms with Crippen molar-refractivity contribution in [3.05, 3.63) is 58.7 Å². The molecule has 0 saturated carbocycles. The molecule has 0 fully saturated rings. The van der Waals surface area contributed by atoms with Crippen LogP contribution in [0.15, 0.2) is 58.7 Å². The fraction of sp³-hybridized carbons (Fsp3) is 0.450. The summed E-state index contributed by atoms with van der Waals surface area (Å²) in [6.45, 7) is 4.62. The summed E-state index contributed by atoms with van der Waals surface area (Å²) in [6.07, 6.45) is 7.36. The molecule has 0 radical (unpaired) electrons. The van der Waals surface area contributed by atoms with Gasteiger partial charge in [0.15, 0.2) is 0 Å². The van der Waals surface area contributed by atoms with E-state index in [-0.39, 0.29) is 12.0 Å². The van der Waals surface area contributed by atoms with Crippen molar-refractivity contribution in [2.45, 2.75) is 53.4 Å². The van der Waals surface area contributed by atoms with Crippen molar-refractivity contribution in [3.8, 4) is 0 Å². The van der Waals surface area contributed by atoms with Gasteiger partial charge in [0.25, 0.3) is 0 Å². The highest BCUT2D eigenvalue weighted by atomic mass is 16.3. The summed E-state index contributed by atoms with van der Waals surface area (Å²) in [6, 6.07) is 0. The monoisotopic (exact) mass is 305 g/mol. The van der Waals surface area contributed by atoms with Gasteiger partial charge in [-0.2, -0.15) is 0 Å². The van der Waals surface area contributed by atoms with Gasteiger partial charge in [0, 0.05) is 6.85 Å². The molecule has 0 spiro atoms. The van der Waals surface area contributed by atoms with Crippen molar-refractivity contribution < 1.29 is 16.8 Å². The average molecular weight is 305 g/mol. The van der Waals surface area contributed by atoms with Crippen LogP contribution in [0.4, 0.5) is 0 Å². The van der Waals surface area contributed by atoms with E-state index in [9.17, 15) is 9.90 Å². The molecule has 0 saturated heterocycles. The summed E-state index contributed by atoms with van der Waals surface area (Å²) in [7, 11) is 0. The number of aliphatic hydroxyl groups excluding tert-OH is 1. The van der Waals surface area contributed by atoms with E-state index in [0.717, 1.165) is 11.1 Å². The zero-order chi connectivity index (χ0) is 21.0. The SMILES string of the molecule is [2H]C([2H])([2H])C1=C(/C=C/C(C)=C/C=C/C(C)=C/C=O)C(C)(C)CC(O)C1([2H])[2H]. The van der Waals surface area contributed by atoms with E-state index in [4.69, 9.17) is 6.85 Å². The molecule has 0 heterocycles. The molecule has 0 bridgehead atoms. The lowest BCUT2D eigenvalue weighted by atomic mass is 9.71. The zero-order valence-electron chi connectivity index (χ0n) is 18.7. The van der Waals surface area contributed by atoms with Gasteiger partial charge in [0.05, 0.1) is 6.10 Å². The summed E-state index contributed by atoms with van der Waals surface area (Å²) in [4.78, 5) is 10.4. The fourth-order valence-electron chi connectivity index (χ4n) is 2.32. The Kier molecular flexibility index (Phi) is 4.35. The van der Waals surface area contributed by atoms with E-state index in [1.807, 2.05) is 26.8 Å². The first-order valence-corrected chi connectivity index (χ1v) is 7.32. The normalized spacial score (nSPS) is 29.9. The van der Waals surface area contributed by atoms with E-state index >= 15 is 0 Å². The van der Waals surface area contributed by atoms with Crippen LogP contribution >= 0.6 is 0 Å². The number of hydrogen-bond acceptors (Lipinski definition) is 2. The van der Waals surface area contributed by atoms with E-state index < -0.39 is 24.7 Å². The van der Waals surface area contributed by atoms with Gasteiger partial charge in [-0.15, -0.1) is 0 Å². The van der Waals surface area contributed by atoms with E-state index in [0.29, 0.717) is 11.9 Å². The summed E-state index contributed by atoms with van der Waals surface area (Å²) in [5, 5.41) is 10.2. The van der Waals surface area contributed by atoms with Crippen molar-refractivity contribution in [2.24, 2.45) is 5.41 Å². The summed E-state index contributed by atoms with van der Waals surface area (Å²) >= 11 is 0. The van der Waals surface area contributed by atoms with Crippen molar-refractivity contribution >= 4 is 6.29 Å². The topological polar surface area (TPSA) is 37.3 Å². The molecule has 0 aromatic heterocycles. The predicted molar refractivity (Wildman–Crippen MR) is 93.6 cm³/mol. The molecular formula is C20H28O2. The highest BCUT2D eigenvalue weighted by Gasteiger charge is 2.31. The summed E-state index contributed by atoms with van der Waals surface area (Å²) in [5.74, 6) is 0. The quantitative estimate of drug-likeness (QED) is 0.454. The van der Waals surface area contributed by atoms with Gasteiger partial charge < -0.3 is 5.11 Å². The lowest BCUT2D eigenvalue weighted by molar-refractivity contribution is -0.104. The molecule has 2 nitrogen and oxygen atoms in total. The molecule has 1 atom stereocenters. The number of aliphatic hydroxyl groups is 1. The second-order valence-corrected chi connectivity index (χ2v) is 6.19. The standard InChI is InChI=1S/C20H28O2/c1-15(7-6-8-16(2)11-12-21)9-10-19-17(3)13-18(22)14-20(19,4)5/h6-12,18,22H,13-14H2,1-5H3/b8-6+,10-9+,15-7+,16-11+/i3D3,13D2. The average Bonchev–Trinajstić information content (AvgIpc) is 2.48. The molecular weight excluding hydrogens is 272 g/mol. The fourth-order valence-corrected chi connectivity index (χ4v) is 2.32. The maximum absolute atomic E-state index is 10.4. The number of carbonyl (C=O) groups is 1. The van der Waals surface area contributed by atoms with Gasteiger partial charge in [-0.1, -0.05) is 55.4 Å². The van der Waals surface area contributed by atoms with Crippen molar-refractivity contribution in [1.82, 2.24) is 0 Å². The molecule has 1 N–H and O–H groups in total. The van der Waals surface area contributed by atoms with Gasteiger partial charge in [-0.3, -0.25) is 4.79 Å². The summed E-state index contributed by atoms with van der Waals surface area (Å²) in [5.41, 5.74) is 1.03. The molecule has 0 aliphatic heterocycles. The minimum atomic E-state index is -2.64. The second-order valence-electron chi connectivity index (χ2n) is 6.19. The number of rotatable bonds is 5. The summed E-state index contributed by atoms with van der Waals surface area (Å²) < 4.78 is 39.7. The molecule has 1 rings (SSSR count). The number of aldehydes is 1. The Morgan fingerprint density at radius 2 is 2.00 bits per heavy atom. The van der Waals surface area contributed by atoms with Gasteiger partial charge in [0.1, 0.15) is 6.29 Å². The van der Waals surface area contributed by atoms with Crippen molar-refractivity contribution in [2.75, 3.05) is 0 Å². The molecule has 120 valence electrons. The van der Waals surface area contributed by atoms with Crippen LogP contribution in [0.2, 0.25) is 0 Å². The van der Waals surface area contributed by atoms with Crippen molar-refractivity contribution in [3.63, 3.8) is 0 Å². The molecule has 0 aromatic rings. The van der Waals surface area contributed by atoms with E-state index in [2.05, 4.69) is 0 Å². The number of allylic oxidation sites excluding steroid dienone is 9. The molecule has 0 amide bonds. The number of hydrogen-bond donors (Lipinski definition) is 1. The third kappa shape index (κ3) is 5.61. The van der Waals surface area contributed by atoms with E-state index in [1.165, 1.54) is 6.08 Å². The minimum absolute atomic E-state index is 0.137. The Balaban J connectivity index is 3.35. The third-order valence-corrected chi connectivity index (χ3v) is 3.58. The van der Waals surface area contributed by atoms with Crippen LogP contribution in [0.1, 0.15) is 54.2 Å². The molecule has 22 heavy (non-hydrogen) atoms. The minimum Gasteiger partial charge on any atom is -0.393 e. The Hall–Kier alpha value is -1.67. The van der Waals surface area contributed by atoms with Crippen LogP contribution < -0.4 is 0 Å². The van der Waals surface area contributed by atoms with Crippen LogP contribution in [-0.2, 0) is 4.79 Å². The van der Waals surface area contributed by atoms with Crippen LogP contribution in [0.5, 0.6) is 0 Å². The first kappa shape index (κ1) is 11.8. The van der Waals surface area contributed by atoms with Crippen LogP contribution in [-0.4, -0.2) is 17.5 Å². The molecule has 2 heteroatoms. The predicted octanol–water partition coefficient (Wildman–Crippen LogP) is 4.69. The largest absolute Gasteiger partial charge is 0.393 e. The van der Waals surface area contributed by atoms with Crippen LogP contribution in [0, 0.1) is 5.41 Å². The molecule has 1 aliphatic carbocycles. The Bertz CT molecular complexity index is 719. The maximum atomic E-state index is 10.4. The highest BCUT2D eigenvalue weighted by Crippen LogP contribution is 2.40.